The minimum atomic E-state index is -0.437. The van der Waals surface area contributed by atoms with Gasteiger partial charge in [-0.15, -0.1) is 0 Å². The Labute approximate surface area is 153 Å². The molecular weight excluding hydrogens is 335 g/mol. The van der Waals surface area contributed by atoms with Crippen molar-refractivity contribution in [3.05, 3.63) is 30.1 Å². The van der Waals surface area contributed by atoms with Crippen molar-refractivity contribution in [3.8, 4) is 0 Å². The Balaban J connectivity index is 1.48. The highest BCUT2D eigenvalue weighted by atomic mass is 19.1. The third-order valence-electron chi connectivity index (χ3n) is 5.26. The first-order chi connectivity index (χ1) is 12.5. The highest BCUT2D eigenvalue weighted by Crippen LogP contribution is 2.19. The van der Waals surface area contributed by atoms with Gasteiger partial charge in [0.15, 0.2) is 0 Å². The van der Waals surface area contributed by atoms with Gasteiger partial charge in [0.05, 0.1) is 17.8 Å². The second-order valence-corrected chi connectivity index (χ2v) is 7.18. The predicted molar refractivity (Wildman–Crippen MR) is 98.3 cm³/mol. The summed E-state index contributed by atoms with van der Waals surface area (Å²) >= 11 is 0. The molecule has 3 rings (SSSR count). The van der Waals surface area contributed by atoms with Crippen molar-refractivity contribution in [2.45, 2.75) is 44.8 Å². The minimum Gasteiger partial charge on any atom is -0.352 e. The van der Waals surface area contributed by atoms with Gasteiger partial charge in [-0.1, -0.05) is 12.1 Å². The van der Waals surface area contributed by atoms with Gasteiger partial charge in [-0.2, -0.15) is 0 Å². The molecule has 2 aliphatic rings. The van der Waals surface area contributed by atoms with Crippen LogP contribution in [0, 0.1) is 5.82 Å². The first-order valence-corrected chi connectivity index (χ1v) is 9.29. The molecule has 0 bridgehead atoms. The molecule has 6 nitrogen and oxygen atoms in total. The minimum absolute atomic E-state index is 0.0892. The molecule has 1 aromatic carbocycles. The average molecular weight is 362 g/mol. The van der Waals surface area contributed by atoms with Crippen LogP contribution in [0.25, 0.3) is 0 Å². The van der Waals surface area contributed by atoms with Crippen LogP contribution in [0.2, 0.25) is 0 Å². The van der Waals surface area contributed by atoms with Crippen LogP contribution in [0.1, 0.15) is 26.7 Å². The molecule has 2 amide bonds. The van der Waals surface area contributed by atoms with Gasteiger partial charge in [-0.3, -0.25) is 19.4 Å². The normalized spacial score (nSPS) is 21.0. The van der Waals surface area contributed by atoms with Crippen molar-refractivity contribution in [2.75, 3.05) is 31.5 Å². The number of piperazine rings is 1. The fraction of sp³-hybridized carbons (Fsp3) is 0.579. The highest BCUT2D eigenvalue weighted by molar-refractivity contribution is 5.94. The summed E-state index contributed by atoms with van der Waals surface area (Å²) in [4.78, 5) is 28.8. The van der Waals surface area contributed by atoms with E-state index in [1.54, 1.807) is 18.2 Å². The fourth-order valence-electron chi connectivity index (χ4n) is 3.19. The van der Waals surface area contributed by atoms with Gasteiger partial charge in [-0.05, 0) is 38.8 Å². The van der Waals surface area contributed by atoms with E-state index in [4.69, 9.17) is 0 Å². The lowest BCUT2D eigenvalue weighted by molar-refractivity contribution is -0.128. The third kappa shape index (κ3) is 4.59. The molecule has 1 heterocycles. The smallest absolute Gasteiger partial charge is 0.241 e. The maximum absolute atomic E-state index is 13.7. The summed E-state index contributed by atoms with van der Waals surface area (Å²) < 4.78 is 13.7. The average Bonchev–Trinajstić information content (AvgIpc) is 3.46. The molecule has 2 fully saturated rings. The van der Waals surface area contributed by atoms with Crippen LogP contribution in [-0.2, 0) is 9.59 Å². The summed E-state index contributed by atoms with van der Waals surface area (Å²) in [6, 6.07) is 6.02. The zero-order valence-electron chi connectivity index (χ0n) is 15.4. The number of hydrogen-bond acceptors (Lipinski definition) is 4. The quantitative estimate of drug-likeness (QED) is 0.804. The van der Waals surface area contributed by atoms with E-state index in [0.29, 0.717) is 19.1 Å². The molecule has 0 aromatic heterocycles. The Hall–Kier alpha value is -1.99. The summed E-state index contributed by atoms with van der Waals surface area (Å²) in [5, 5.41) is 5.70. The van der Waals surface area contributed by atoms with Crippen LogP contribution in [-0.4, -0.2) is 65.9 Å². The molecule has 0 radical (unpaired) electrons. The van der Waals surface area contributed by atoms with E-state index in [0.717, 1.165) is 25.9 Å². The first kappa shape index (κ1) is 18.8. The van der Waals surface area contributed by atoms with Gasteiger partial charge in [-0.25, -0.2) is 4.39 Å². The Morgan fingerprint density at radius 3 is 2.08 bits per heavy atom. The van der Waals surface area contributed by atoms with Crippen molar-refractivity contribution < 1.29 is 14.0 Å². The van der Waals surface area contributed by atoms with Gasteiger partial charge < -0.3 is 10.6 Å². The van der Waals surface area contributed by atoms with E-state index in [1.165, 1.54) is 6.07 Å². The number of carbonyl (C=O) groups is 2. The Morgan fingerprint density at radius 2 is 1.54 bits per heavy atom. The third-order valence-corrected chi connectivity index (χ3v) is 5.26. The van der Waals surface area contributed by atoms with E-state index in [-0.39, 0.29) is 29.6 Å². The number of carbonyl (C=O) groups excluding carboxylic acids is 2. The largest absolute Gasteiger partial charge is 0.352 e. The monoisotopic (exact) mass is 362 g/mol. The number of anilines is 1. The summed E-state index contributed by atoms with van der Waals surface area (Å²) in [7, 11) is 0. The molecule has 2 N–H and O–H groups in total. The molecule has 26 heavy (non-hydrogen) atoms. The lowest BCUT2D eigenvalue weighted by atomic mass is 10.1. The number of nitrogens with zero attached hydrogens (tertiary/aromatic N) is 2. The molecule has 142 valence electrons. The molecule has 2 unspecified atom stereocenters. The van der Waals surface area contributed by atoms with Gasteiger partial charge in [0.1, 0.15) is 5.82 Å². The van der Waals surface area contributed by atoms with Crippen LogP contribution >= 0.6 is 0 Å². The van der Waals surface area contributed by atoms with E-state index < -0.39 is 5.82 Å². The first-order valence-electron chi connectivity index (χ1n) is 9.29. The van der Waals surface area contributed by atoms with E-state index in [1.807, 2.05) is 13.8 Å². The molecule has 1 aliphatic heterocycles. The standard InChI is InChI=1S/C19H27FN4O2/c1-13(18(25)21-15-7-8-15)23-9-11-24(12-10-23)14(2)19(26)22-17-6-4-3-5-16(17)20/h3-6,13-15H,7-12H2,1-2H3,(H,21,25)(H,22,26). The maximum atomic E-state index is 13.7. The molecule has 0 spiro atoms. The van der Waals surface area contributed by atoms with E-state index >= 15 is 0 Å². The van der Waals surface area contributed by atoms with Gasteiger partial charge in [0, 0.05) is 32.2 Å². The van der Waals surface area contributed by atoms with E-state index in [9.17, 15) is 14.0 Å². The van der Waals surface area contributed by atoms with Gasteiger partial charge in [0.2, 0.25) is 11.8 Å². The summed E-state index contributed by atoms with van der Waals surface area (Å²) in [5.74, 6) is -0.567. The summed E-state index contributed by atoms with van der Waals surface area (Å²) in [6.45, 7) is 6.63. The second-order valence-electron chi connectivity index (χ2n) is 7.18. The van der Waals surface area contributed by atoms with Crippen molar-refractivity contribution in [1.29, 1.82) is 0 Å². The Bertz CT molecular complexity index is 657. The van der Waals surface area contributed by atoms with E-state index in [2.05, 4.69) is 20.4 Å². The second kappa shape index (κ2) is 8.14. The number of amides is 2. The fourth-order valence-corrected chi connectivity index (χ4v) is 3.19. The van der Waals surface area contributed by atoms with Crippen LogP contribution in [0.15, 0.2) is 24.3 Å². The highest BCUT2D eigenvalue weighted by Gasteiger charge is 2.32. The zero-order valence-corrected chi connectivity index (χ0v) is 15.4. The topological polar surface area (TPSA) is 64.7 Å². The Morgan fingerprint density at radius 1 is 1.00 bits per heavy atom. The van der Waals surface area contributed by atoms with Crippen LogP contribution in [0.4, 0.5) is 10.1 Å². The van der Waals surface area contributed by atoms with Crippen molar-refractivity contribution in [3.63, 3.8) is 0 Å². The van der Waals surface area contributed by atoms with Gasteiger partial charge in [0.25, 0.3) is 0 Å². The number of halogens is 1. The van der Waals surface area contributed by atoms with Gasteiger partial charge >= 0.3 is 0 Å². The summed E-state index contributed by atoms with van der Waals surface area (Å²) in [5.41, 5.74) is 0.202. The van der Waals surface area contributed by atoms with Crippen LogP contribution in [0.5, 0.6) is 0 Å². The van der Waals surface area contributed by atoms with Crippen molar-refractivity contribution in [1.82, 2.24) is 15.1 Å². The van der Waals surface area contributed by atoms with Crippen molar-refractivity contribution in [2.24, 2.45) is 0 Å². The number of para-hydroxylation sites is 1. The van der Waals surface area contributed by atoms with Crippen molar-refractivity contribution >= 4 is 17.5 Å². The molecule has 1 saturated heterocycles. The molecule has 1 aromatic rings. The van der Waals surface area contributed by atoms with Crippen LogP contribution < -0.4 is 10.6 Å². The molecule has 7 heteroatoms. The zero-order chi connectivity index (χ0) is 18.7. The summed E-state index contributed by atoms with van der Waals surface area (Å²) in [6.07, 6.45) is 2.17. The molecule has 1 saturated carbocycles. The number of rotatable bonds is 6. The molecular formula is C19H27FN4O2. The molecule has 2 atom stereocenters. The number of benzene rings is 1. The van der Waals surface area contributed by atoms with Crippen LogP contribution in [0.3, 0.4) is 0 Å². The maximum Gasteiger partial charge on any atom is 0.241 e. The molecule has 1 aliphatic carbocycles. The SMILES string of the molecule is CC(C(=O)Nc1ccccc1F)N1CCN(C(C)C(=O)NC2CC2)CC1. The Kier molecular flexibility index (Phi) is 5.88. The lowest BCUT2D eigenvalue weighted by Gasteiger charge is -2.39. The lowest BCUT2D eigenvalue weighted by Crippen LogP contribution is -2.57. The number of nitrogens with one attached hydrogen (secondary N) is 2. The number of hydrogen-bond donors (Lipinski definition) is 2. The predicted octanol–water partition coefficient (Wildman–Crippen LogP) is 1.44.